The number of carboxylic acid groups (broad SMARTS) is 1. The van der Waals surface area contributed by atoms with Crippen molar-refractivity contribution in [3.63, 3.8) is 0 Å². The average molecular weight is 221 g/mol. The summed E-state index contributed by atoms with van der Waals surface area (Å²) in [6.07, 6.45) is 0. The summed E-state index contributed by atoms with van der Waals surface area (Å²) in [5, 5.41) is 13.7. The number of hydrogen-bond acceptors (Lipinski definition) is 4. The van der Waals surface area contributed by atoms with Crippen LogP contribution in [0, 0.1) is 6.92 Å². The maximum Gasteiger partial charge on any atom is 0.325 e. The Morgan fingerprint density at radius 2 is 2.31 bits per heavy atom. The van der Waals surface area contributed by atoms with Gasteiger partial charge in [0.05, 0.1) is 12.8 Å². The quantitative estimate of drug-likeness (QED) is 0.830. The highest BCUT2D eigenvalue weighted by molar-refractivity contribution is 5.80. The highest BCUT2D eigenvalue weighted by Crippen LogP contribution is 2.19. The molecule has 0 aliphatic carbocycles. The van der Waals surface area contributed by atoms with E-state index in [1.54, 1.807) is 6.07 Å². The summed E-state index contributed by atoms with van der Waals surface area (Å²) in [5.74, 6) is -0.506. The minimum Gasteiger partial charge on any atom is -0.481 e. The van der Waals surface area contributed by atoms with Crippen LogP contribution in [-0.2, 0) is 11.3 Å². The maximum atomic E-state index is 10.7. The highest BCUT2D eigenvalue weighted by Gasteiger charge is 2.11. The third-order valence-electron chi connectivity index (χ3n) is 2.25. The van der Waals surface area contributed by atoms with Crippen molar-refractivity contribution in [3.8, 4) is 5.88 Å². The molecule has 1 N–H and O–H groups in total. The van der Waals surface area contributed by atoms with E-state index in [0.717, 1.165) is 11.1 Å². The third kappa shape index (κ3) is 1.69. The molecule has 0 saturated carbocycles. The Morgan fingerprint density at radius 3 is 2.94 bits per heavy atom. The fourth-order valence-corrected chi connectivity index (χ4v) is 1.54. The topological polar surface area (TPSA) is 77.2 Å². The molecule has 84 valence electrons. The second kappa shape index (κ2) is 3.80. The van der Waals surface area contributed by atoms with Crippen LogP contribution in [0.1, 0.15) is 5.69 Å². The van der Waals surface area contributed by atoms with Gasteiger partial charge in [0, 0.05) is 11.5 Å². The predicted octanol–water partition coefficient (Wildman–Crippen LogP) is 0.833. The summed E-state index contributed by atoms with van der Waals surface area (Å²) >= 11 is 0. The lowest BCUT2D eigenvalue weighted by atomic mass is 10.3. The van der Waals surface area contributed by atoms with Gasteiger partial charge in [0.25, 0.3) is 0 Å². The average Bonchev–Trinajstić information content (AvgIpc) is 2.54. The van der Waals surface area contributed by atoms with Gasteiger partial charge in [0.1, 0.15) is 6.54 Å². The molecule has 0 atom stereocenters. The van der Waals surface area contributed by atoms with Crippen molar-refractivity contribution in [2.45, 2.75) is 13.5 Å². The zero-order valence-corrected chi connectivity index (χ0v) is 8.97. The molecule has 6 heteroatoms. The van der Waals surface area contributed by atoms with Crippen LogP contribution in [0.25, 0.3) is 11.0 Å². The van der Waals surface area contributed by atoms with E-state index in [2.05, 4.69) is 10.1 Å². The summed E-state index contributed by atoms with van der Waals surface area (Å²) < 4.78 is 6.35. The monoisotopic (exact) mass is 221 g/mol. The normalized spacial score (nSPS) is 10.6. The molecule has 0 unspecified atom stereocenters. The van der Waals surface area contributed by atoms with Crippen LogP contribution in [-0.4, -0.2) is 33.0 Å². The van der Waals surface area contributed by atoms with Crippen LogP contribution >= 0.6 is 0 Å². The molecule has 0 fully saturated rings. The van der Waals surface area contributed by atoms with E-state index in [0.29, 0.717) is 11.5 Å². The standard InChI is InChI=1S/C10H11N3O3/c1-6-7-3-4-8(16-2)11-10(7)13(12-6)5-9(14)15/h3-4H,5H2,1-2H3,(H,14,15). The zero-order valence-electron chi connectivity index (χ0n) is 8.97. The fraction of sp³-hybridized carbons (Fsp3) is 0.300. The number of methoxy groups -OCH3 is 1. The highest BCUT2D eigenvalue weighted by atomic mass is 16.5. The summed E-state index contributed by atoms with van der Waals surface area (Å²) in [5.41, 5.74) is 1.28. The molecule has 2 heterocycles. The van der Waals surface area contributed by atoms with E-state index >= 15 is 0 Å². The van der Waals surface area contributed by atoms with Crippen LogP contribution in [0.2, 0.25) is 0 Å². The zero-order chi connectivity index (χ0) is 11.7. The summed E-state index contributed by atoms with van der Waals surface area (Å²) in [6, 6.07) is 3.55. The first-order chi connectivity index (χ1) is 7.61. The number of pyridine rings is 1. The molecule has 2 aromatic rings. The number of hydrogen-bond donors (Lipinski definition) is 1. The van der Waals surface area contributed by atoms with Crippen LogP contribution in [0.3, 0.4) is 0 Å². The Bertz CT molecular complexity index is 547. The predicted molar refractivity (Wildman–Crippen MR) is 56.5 cm³/mol. The Labute approximate surface area is 91.5 Å². The summed E-state index contributed by atoms with van der Waals surface area (Å²) in [7, 11) is 1.51. The number of ether oxygens (including phenoxy) is 1. The van der Waals surface area contributed by atoms with E-state index in [4.69, 9.17) is 9.84 Å². The molecule has 2 rings (SSSR count). The molecular formula is C10H11N3O3. The lowest BCUT2D eigenvalue weighted by Gasteiger charge is -2.00. The fourth-order valence-electron chi connectivity index (χ4n) is 1.54. The second-order valence-electron chi connectivity index (χ2n) is 3.36. The summed E-state index contributed by atoms with van der Waals surface area (Å²) in [4.78, 5) is 14.8. The van der Waals surface area contributed by atoms with Crippen molar-refractivity contribution in [1.29, 1.82) is 0 Å². The molecule has 0 bridgehead atoms. The first-order valence-corrected chi connectivity index (χ1v) is 4.71. The minimum absolute atomic E-state index is 0.204. The molecule has 0 aliphatic heterocycles. The van der Waals surface area contributed by atoms with Crippen molar-refractivity contribution in [1.82, 2.24) is 14.8 Å². The van der Waals surface area contributed by atoms with E-state index in [1.165, 1.54) is 11.8 Å². The Morgan fingerprint density at radius 1 is 1.56 bits per heavy atom. The number of carbonyl (C=O) groups is 1. The lowest BCUT2D eigenvalue weighted by Crippen LogP contribution is -2.10. The van der Waals surface area contributed by atoms with Gasteiger partial charge in [0.15, 0.2) is 5.65 Å². The van der Waals surface area contributed by atoms with Gasteiger partial charge in [0.2, 0.25) is 5.88 Å². The van der Waals surface area contributed by atoms with Gasteiger partial charge in [-0.05, 0) is 13.0 Å². The van der Waals surface area contributed by atoms with E-state index in [9.17, 15) is 4.79 Å². The van der Waals surface area contributed by atoms with Crippen LogP contribution in [0.15, 0.2) is 12.1 Å². The smallest absolute Gasteiger partial charge is 0.325 e. The van der Waals surface area contributed by atoms with E-state index < -0.39 is 5.97 Å². The molecule has 0 spiro atoms. The molecule has 0 saturated heterocycles. The third-order valence-corrected chi connectivity index (χ3v) is 2.25. The number of aryl methyl sites for hydroxylation is 1. The number of aromatic nitrogens is 3. The molecule has 0 radical (unpaired) electrons. The number of aliphatic carboxylic acids is 1. The molecule has 0 aromatic carbocycles. The Balaban J connectivity index is 2.60. The molecular weight excluding hydrogens is 210 g/mol. The van der Waals surface area contributed by atoms with Gasteiger partial charge in [-0.2, -0.15) is 10.1 Å². The van der Waals surface area contributed by atoms with Crippen LogP contribution in [0.4, 0.5) is 0 Å². The van der Waals surface area contributed by atoms with Crippen molar-refractivity contribution in [2.24, 2.45) is 0 Å². The number of fused-ring (bicyclic) bond motifs is 1. The van der Waals surface area contributed by atoms with Gasteiger partial charge < -0.3 is 9.84 Å². The number of rotatable bonds is 3. The van der Waals surface area contributed by atoms with Crippen molar-refractivity contribution in [2.75, 3.05) is 7.11 Å². The minimum atomic E-state index is -0.950. The van der Waals surface area contributed by atoms with Gasteiger partial charge >= 0.3 is 5.97 Å². The molecule has 16 heavy (non-hydrogen) atoms. The van der Waals surface area contributed by atoms with E-state index in [-0.39, 0.29) is 6.54 Å². The molecule has 0 aliphatic rings. The first kappa shape index (κ1) is 10.4. The van der Waals surface area contributed by atoms with Gasteiger partial charge in [-0.25, -0.2) is 4.68 Å². The van der Waals surface area contributed by atoms with E-state index in [1.807, 2.05) is 13.0 Å². The van der Waals surface area contributed by atoms with Crippen molar-refractivity contribution in [3.05, 3.63) is 17.8 Å². The number of nitrogens with zero attached hydrogens (tertiary/aromatic N) is 3. The summed E-state index contributed by atoms with van der Waals surface area (Å²) in [6.45, 7) is 1.61. The molecule has 2 aromatic heterocycles. The Kier molecular flexibility index (Phi) is 2.47. The molecule has 6 nitrogen and oxygen atoms in total. The van der Waals surface area contributed by atoms with Crippen LogP contribution in [0.5, 0.6) is 5.88 Å². The van der Waals surface area contributed by atoms with Crippen molar-refractivity contribution >= 4 is 17.0 Å². The Hall–Kier alpha value is -2.11. The number of carboxylic acids is 1. The maximum absolute atomic E-state index is 10.7. The largest absolute Gasteiger partial charge is 0.481 e. The second-order valence-corrected chi connectivity index (χ2v) is 3.36. The SMILES string of the molecule is COc1ccc2c(C)nn(CC(=O)O)c2n1. The first-order valence-electron chi connectivity index (χ1n) is 4.71. The molecule has 0 amide bonds. The van der Waals surface area contributed by atoms with Gasteiger partial charge in [-0.3, -0.25) is 4.79 Å². The lowest BCUT2D eigenvalue weighted by molar-refractivity contribution is -0.137. The van der Waals surface area contributed by atoms with Crippen molar-refractivity contribution < 1.29 is 14.6 Å². The van der Waals surface area contributed by atoms with Gasteiger partial charge in [-0.1, -0.05) is 0 Å². The van der Waals surface area contributed by atoms with Crippen LogP contribution < -0.4 is 4.74 Å². The van der Waals surface area contributed by atoms with Gasteiger partial charge in [-0.15, -0.1) is 0 Å².